The van der Waals surface area contributed by atoms with E-state index < -0.39 is 5.97 Å². The predicted molar refractivity (Wildman–Crippen MR) is 75.8 cm³/mol. The Morgan fingerprint density at radius 1 is 1.38 bits per heavy atom. The lowest BCUT2D eigenvalue weighted by atomic mass is 9.95. The van der Waals surface area contributed by atoms with Crippen molar-refractivity contribution in [2.24, 2.45) is 5.92 Å². The Morgan fingerprint density at radius 2 is 2.14 bits per heavy atom. The SMILES string of the molecule is CCOC(=O)CCCNC(=O)N1CCCC(CC(=O)O)C1. The minimum atomic E-state index is -0.823. The van der Waals surface area contributed by atoms with Crippen molar-refractivity contribution in [3.63, 3.8) is 0 Å². The lowest BCUT2D eigenvalue weighted by Crippen LogP contribution is -2.46. The number of nitrogens with zero attached hydrogens (tertiary/aromatic N) is 1. The van der Waals surface area contributed by atoms with Gasteiger partial charge in [-0.05, 0) is 32.1 Å². The Hall–Kier alpha value is -1.79. The van der Waals surface area contributed by atoms with Crippen LogP contribution in [0.25, 0.3) is 0 Å². The smallest absolute Gasteiger partial charge is 0.317 e. The quantitative estimate of drug-likeness (QED) is 0.544. The first-order valence-electron chi connectivity index (χ1n) is 7.43. The van der Waals surface area contributed by atoms with Gasteiger partial charge in [0.15, 0.2) is 0 Å². The molecule has 21 heavy (non-hydrogen) atoms. The molecule has 1 unspecified atom stereocenters. The minimum absolute atomic E-state index is 0.0292. The number of aliphatic carboxylic acids is 1. The number of ether oxygens (including phenoxy) is 1. The van der Waals surface area contributed by atoms with Gasteiger partial charge in [-0.2, -0.15) is 0 Å². The van der Waals surface area contributed by atoms with Gasteiger partial charge in [0, 0.05) is 32.5 Å². The number of esters is 1. The number of carboxylic acids is 1. The van der Waals surface area contributed by atoms with Gasteiger partial charge >= 0.3 is 18.0 Å². The summed E-state index contributed by atoms with van der Waals surface area (Å²) in [5.74, 6) is -1.05. The third-order valence-corrected chi connectivity index (χ3v) is 3.41. The molecule has 0 aromatic rings. The lowest BCUT2D eigenvalue weighted by molar-refractivity contribution is -0.143. The Balaban J connectivity index is 2.22. The molecule has 2 amide bonds. The van der Waals surface area contributed by atoms with Crippen molar-refractivity contribution in [3.8, 4) is 0 Å². The van der Waals surface area contributed by atoms with E-state index in [-0.39, 0.29) is 30.8 Å². The van der Waals surface area contributed by atoms with Crippen LogP contribution < -0.4 is 5.32 Å². The van der Waals surface area contributed by atoms with E-state index >= 15 is 0 Å². The minimum Gasteiger partial charge on any atom is -0.481 e. The van der Waals surface area contributed by atoms with Crippen molar-refractivity contribution in [1.29, 1.82) is 0 Å². The molecule has 0 bridgehead atoms. The Bertz CT molecular complexity index is 372. The molecule has 120 valence electrons. The Kier molecular flexibility index (Phi) is 7.56. The zero-order chi connectivity index (χ0) is 15.7. The van der Waals surface area contributed by atoms with E-state index in [1.807, 2.05) is 0 Å². The van der Waals surface area contributed by atoms with Crippen molar-refractivity contribution in [2.45, 2.75) is 39.0 Å². The van der Waals surface area contributed by atoms with Crippen molar-refractivity contribution in [2.75, 3.05) is 26.2 Å². The van der Waals surface area contributed by atoms with E-state index in [4.69, 9.17) is 9.84 Å². The number of carbonyl (C=O) groups excluding carboxylic acids is 2. The van der Waals surface area contributed by atoms with Crippen molar-refractivity contribution in [1.82, 2.24) is 10.2 Å². The molecule has 1 aliphatic heterocycles. The van der Waals surface area contributed by atoms with E-state index in [1.54, 1.807) is 11.8 Å². The normalized spacial score (nSPS) is 18.1. The number of hydrogen-bond donors (Lipinski definition) is 2. The highest BCUT2D eigenvalue weighted by molar-refractivity contribution is 5.74. The molecule has 0 radical (unpaired) electrons. The molecule has 0 spiro atoms. The van der Waals surface area contributed by atoms with Crippen LogP contribution in [0, 0.1) is 5.92 Å². The van der Waals surface area contributed by atoms with Gasteiger partial charge in [0.05, 0.1) is 6.61 Å². The molecule has 1 saturated heterocycles. The first kappa shape index (κ1) is 17.3. The number of carboxylic acid groups (broad SMARTS) is 1. The average molecular weight is 300 g/mol. The fraction of sp³-hybridized carbons (Fsp3) is 0.786. The van der Waals surface area contributed by atoms with Crippen LogP contribution in [0.2, 0.25) is 0 Å². The third-order valence-electron chi connectivity index (χ3n) is 3.41. The maximum absolute atomic E-state index is 12.0. The molecule has 1 rings (SSSR count). The summed E-state index contributed by atoms with van der Waals surface area (Å²) < 4.78 is 4.80. The fourth-order valence-corrected chi connectivity index (χ4v) is 2.44. The number of rotatable bonds is 7. The summed E-state index contributed by atoms with van der Waals surface area (Å²) in [6, 6.07) is -0.186. The number of likely N-dealkylation sites (tertiary alicyclic amines) is 1. The largest absolute Gasteiger partial charge is 0.481 e. The molecular weight excluding hydrogens is 276 g/mol. The first-order valence-corrected chi connectivity index (χ1v) is 7.43. The summed E-state index contributed by atoms with van der Waals surface area (Å²) in [4.78, 5) is 35.4. The fourth-order valence-electron chi connectivity index (χ4n) is 2.44. The molecule has 1 heterocycles. The molecule has 0 aliphatic carbocycles. The highest BCUT2D eigenvalue weighted by Gasteiger charge is 2.24. The van der Waals surface area contributed by atoms with Crippen molar-refractivity contribution < 1.29 is 24.2 Å². The predicted octanol–water partition coefficient (Wildman–Crippen LogP) is 1.23. The summed E-state index contributed by atoms with van der Waals surface area (Å²) in [6.07, 6.45) is 2.60. The van der Waals surface area contributed by atoms with Gasteiger partial charge < -0.3 is 20.1 Å². The number of hydrogen-bond acceptors (Lipinski definition) is 4. The summed E-state index contributed by atoms with van der Waals surface area (Å²) in [5, 5.41) is 11.6. The van der Waals surface area contributed by atoms with Gasteiger partial charge in [0.2, 0.25) is 0 Å². The maximum Gasteiger partial charge on any atom is 0.317 e. The van der Waals surface area contributed by atoms with Crippen LogP contribution in [0.1, 0.15) is 39.0 Å². The van der Waals surface area contributed by atoms with E-state index in [0.29, 0.717) is 32.7 Å². The van der Waals surface area contributed by atoms with Crippen LogP contribution >= 0.6 is 0 Å². The molecule has 1 fully saturated rings. The van der Waals surface area contributed by atoms with Crippen LogP contribution in [0.3, 0.4) is 0 Å². The summed E-state index contributed by atoms with van der Waals surface area (Å²) in [7, 11) is 0. The van der Waals surface area contributed by atoms with Crippen LogP contribution in [-0.4, -0.2) is 54.2 Å². The second-order valence-electron chi connectivity index (χ2n) is 5.19. The molecule has 2 N–H and O–H groups in total. The second kappa shape index (κ2) is 9.20. The van der Waals surface area contributed by atoms with Crippen molar-refractivity contribution >= 4 is 18.0 Å². The summed E-state index contributed by atoms with van der Waals surface area (Å²) in [6.45, 7) is 3.67. The van der Waals surface area contributed by atoms with Gasteiger partial charge in [0.25, 0.3) is 0 Å². The summed E-state index contributed by atoms with van der Waals surface area (Å²) >= 11 is 0. The van der Waals surface area contributed by atoms with Crippen LogP contribution in [0.15, 0.2) is 0 Å². The van der Waals surface area contributed by atoms with Crippen molar-refractivity contribution in [3.05, 3.63) is 0 Å². The monoisotopic (exact) mass is 300 g/mol. The number of nitrogens with one attached hydrogen (secondary N) is 1. The first-order chi connectivity index (χ1) is 10.0. The topological polar surface area (TPSA) is 95.9 Å². The average Bonchev–Trinajstić information content (AvgIpc) is 2.43. The second-order valence-corrected chi connectivity index (χ2v) is 5.19. The van der Waals surface area contributed by atoms with E-state index in [1.165, 1.54) is 0 Å². The van der Waals surface area contributed by atoms with Gasteiger partial charge in [-0.3, -0.25) is 9.59 Å². The molecule has 0 aromatic carbocycles. The van der Waals surface area contributed by atoms with Crippen LogP contribution in [-0.2, 0) is 14.3 Å². The van der Waals surface area contributed by atoms with Gasteiger partial charge in [0.1, 0.15) is 0 Å². The van der Waals surface area contributed by atoms with Gasteiger partial charge in [-0.1, -0.05) is 0 Å². The van der Waals surface area contributed by atoms with Crippen LogP contribution in [0.5, 0.6) is 0 Å². The molecule has 0 aromatic heterocycles. The summed E-state index contributed by atoms with van der Waals surface area (Å²) in [5.41, 5.74) is 0. The number of urea groups is 1. The number of carbonyl (C=O) groups is 3. The molecule has 1 atom stereocenters. The Morgan fingerprint density at radius 3 is 2.81 bits per heavy atom. The molecule has 7 nitrogen and oxygen atoms in total. The highest BCUT2D eigenvalue weighted by Crippen LogP contribution is 2.19. The molecular formula is C14H24N2O5. The lowest BCUT2D eigenvalue weighted by Gasteiger charge is -2.32. The van der Waals surface area contributed by atoms with E-state index in [2.05, 4.69) is 5.32 Å². The zero-order valence-corrected chi connectivity index (χ0v) is 12.5. The van der Waals surface area contributed by atoms with Gasteiger partial charge in [-0.25, -0.2) is 4.79 Å². The Labute approximate surface area is 124 Å². The van der Waals surface area contributed by atoms with Crippen LogP contribution in [0.4, 0.5) is 4.79 Å². The number of piperidine rings is 1. The molecule has 7 heteroatoms. The standard InChI is InChI=1S/C14H24N2O5/c1-2-21-13(19)6-3-7-15-14(20)16-8-4-5-11(10-16)9-12(17)18/h11H,2-10H2,1H3,(H,15,20)(H,17,18). The maximum atomic E-state index is 12.0. The van der Waals surface area contributed by atoms with E-state index in [0.717, 1.165) is 12.8 Å². The third kappa shape index (κ3) is 6.97. The highest BCUT2D eigenvalue weighted by atomic mass is 16.5. The van der Waals surface area contributed by atoms with E-state index in [9.17, 15) is 14.4 Å². The molecule has 0 saturated carbocycles. The number of amides is 2. The zero-order valence-electron chi connectivity index (χ0n) is 12.5. The van der Waals surface area contributed by atoms with Gasteiger partial charge in [-0.15, -0.1) is 0 Å². The molecule has 1 aliphatic rings.